The van der Waals surface area contributed by atoms with Crippen LogP contribution in [0.15, 0.2) is 67.0 Å². The molecular weight excluding hydrogens is 376 g/mol. The number of anilines is 3. The number of fused-ring (bicyclic) bond motifs is 1. The summed E-state index contributed by atoms with van der Waals surface area (Å²) >= 11 is 0. The quantitative estimate of drug-likeness (QED) is 0.546. The molecule has 1 aliphatic heterocycles. The van der Waals surface area contributed by atoms with Gasteiger partial charge in [-0.25, -0.2) is 9.67 Å². The minimum Gasteiger partial charge on any atom is -0.378 e. The Morgan fingerprint density at radius 1 is 0.967 bits per heavy atom. The Kier molecular flexibility index (Phi) is 5.03. The highest BCUT2D eigenvalue weighted by molar-refractivity contribution is 5.75. The first-order valence-electron chi connectivity index (χ1n) is 10.2. The molecule has 0 aliphatic carbocycles. The number of nitrogens with one attached hydrogen (secondary N) is 1. The van der Waals surface area contributed by atoms with Crippen LogP contribution in [-0.4, -0.2) is 46.1 Å². The number of benzene rings is 2. The van der Waals surface area contributed by atoms with Gasteiger partial charge in [-0.05, 0) is 36.8 Å². The van der Waals surface area contributed by atoms with Gasteiger partial charge in [0.2, 0.25) is 5.95 Å². The zero-order chi connectivity index (χ0) is 20.3. The van der Waals surface area contributed by atoms with Crippen LogP contribution in [0.1, 0.15) is 18.5 Å². The summed E-state index contributed by atoms with van der Waals surface area (Å²) in [5, 5.41) is 8.79. The highest BCUT2D eigenvalue weighted by Crippen LogP contribution is 2.24. The number of ether oxygens (including phenoxy) is 1. The van der Waals surface area contributed by atoms with Gasteiger partial charge in [0.05, 0.1) is 30.8 Å². The molecule has 0 radical (unpaired) electrons. The number of aromatic nitrogens is 4. The Balaban J connectivity index is 1.37. The first kappa shape index (κ1) is 18.6. The molecule has 30 heavy (non-hydrogen) atoms. The SMILES string of the molecule is CC(c1ccccc1)n1ncc2cnc(Nc3ccc(N4CCOCC4)cc3)nc21. The second kappa shape index (κ2) is 8.12. The van der Waals surface area contributed by atoms with E-state index < -0.39 is 0 Å². The topological polar surface area (TPSA) is 68.1 Å². The van der Waals surface area contributed by atoms with Crippen molar-refractivity contribution in [2.75, 3.05) is 36.5 Å². The van der Waals surface area contributed by atoms with Crippen molar-refractivity contribution in [3.63, 3.8) is 0 Å². The summed E-state index contributed by atoms with van der Waals surface area (Å²) in [6.07, 6.45) is 3.63. The zero-order valence-corrected chi connectivity index (χ0v) is 16.9. The lowest BCUT2D eigenvalue weighted by Crippen LogP contribution is -2.36. The first-order chi connectivity index (χ1) is 14.8. The third kappa shape index (κ3) is 3.71. The van der Waals surface area contributed by atoms with Crippen molar-refractivity contribution in [2.45, 2.75) is 13.0 Å². The molecule has 5 rings (SSSR count). The number of hydrogen-bond acceptors (Lipinski definition) is 6. The lowest BCUT2D eigenvalue weighted by atomic mass is 10.1. The fraction of sp³-hybridized carbons (Fsp3) is 0.261. The van der Waals surface area contributed by atoms with E-state index in [1.54, 1.807) is 0 Å². The molecule has 1 N–H and O–H groups in total. The maximum atomic E-state index is 5.43. The predicted octanol–water partition coefficient (Wildman–Crippen LogP) is 4.02. The smallest absolute Gasteiger partial charge is 0.229 e. The summed E-state index contributed by atoms with van der Waals surface area (Å²) in [4.78, 5) is 11.5. The van der Waals surface area contributed by atoms with Crippen LogP contribution in [0, 0.1) is 0 Å². The lowest BCUT2D eigenvalue weighted by Gasteiger charge is -2.28. The molecule has 0 spiro atoms. The molecule has 0 bridgehead atoms. The number of hydrogen-bond donors (Lipinski definition) is 1. The molecule has 2 aromatic heterocycles. The van der Waals surface area contributed by atoms with E-state index in [1.807, 2.05) is 35.3 Å². The molecule has 7 heteroatoms. The molecule has 7 nitrogen and oxygen atoms in total. The van der Waals surface area contributed by atoms with E-state index in [0.717, 1.165) is 43.0 Å². The van der Waals surface area contributed by atoms with E-state index in [2.05, 4.69) is 63.6 Å². The molecule has 2 aromatic carbocycles. The Labute approximate surface area is 175 Å². The van der Waals surface area contributed by atoms with Gasteiger partial charge in [0.25, 0.3) is 0 Å². The zero-order valence-electron chi connectivity index (χ0n) is 16.9. The highest BCUT2D eigenvalue weighted by Gasteiger charge is 2.14. The Bertz CT molecular complexity index is 1120. The minimum absolute atomic E-state index is 0.0826. The van der Waals surface area contributed by atoms with Gasteiger partial charge < -0.3 is 15.0 Å². The van der Waals surface area contributed by atoms with Crippen molar-refractivity contribution < 1.29 is 4.74 Å². The summed E-state index contributed by atoms with van der Waals surface area (Å²) in [6.45, 7) is 5.54. The Hall–Kier alpha value is -3.45. The van der Waals surface area contributed by atoms with Gasteiger partial charge in [-0.3, -0.25) is 0 Å². The van der Waals surface area contributed by atoms with Crippen molar-refractivity contribution in [3.05, 3.63) is 72.6 Å². The Morgan fingerprint density at radius 3 is 2.50 bits per heavy atom. The molecule has 0 saturated carbocycles. The molecule has 1 unspecified atom stereocenters. The van der Waals surface area contributed by atoms with Crippen LogP contribution in [0.3, 0.4) is 0 Å². The molecule has 152 valence electrons. The van der Waals surface area contributed by atoms with Crippen LogP contribution in [0.4, 0.5) is 17.3 Å². The van der Waals surface area contributed by atoms with Crippen molar-refractivity contribution in [1.82, 2.24) is 19.7 Å². The molecule has 1 atom stereocenters. The van der Waals surface area contributed by atoms with E-state index >= 15 is 0 Å². The largest absolute Gasteiger partial charge is 0.378 e. The average Bonchev–Trinajstić information content (AvgIpc) is 3.23. The van der Waals surface area contributed by atoms with Gasteiger partial charge in [0, 0.05) is 30.7 Å². The number of nitrogens with zero attached hydrogens (tertiary/aromatic N) is 5. The summed E-state index contributed by atoms with van der Waals surface area (Å²) in [7, 11) is 0. The third-order valence-corrected chi connectivity index (χ3v) is 5.48. The fourth-order valence-corrected chi connectivity index (χ4v) is 3.76. The second-order valence-electron chi connectivity index (χ2n) is 7.42. The maximum absolute atomic E-state index is 5.43. The molecule has 1 saturated heterocycles. The lowest BCUT2D eigenvalue weighted by molar-refractivity contribution is 0.122. The Morgan fingerprint density at radius 2 is 1.73 bits per heavy atom. The average molecular weight is 400 g/mol. The van der Waals surface area contributed by atoms with Crippen molar-refractivity contribution in [3.8, 4) is 0 Å². The van der Waals surface area contributed by atoms with Crippen LogP contribution < -0.4 is 10.2 Å². The van der Waals surface area contributed by atoms with Crippen LogP contribution in [-0.2, 0) is 4.74 Å². The van der Waals surface area contributed by atoms with Gasteiger partial charge in [-0.15, -0.1) is 0 Å². The van der Waals surface area contributed by atoms with Crippen molar-refractivity contribution in [2.24, 2.45) is 0 Å². The number of morpholine rings is 1. The molecule has 1 fully saturated rings. The van der Waals surface area contributed by atoms with E-state index in [4.69, 9.17) is 9.72 Å². The predicted molar refractivity (Wildman–Crippen MR) is 118 cm³/mol. The summed E-state index contributed by atoms with van der Waals surface area (Å²) in [6, 6.07) is 18.8. The third-order valence-electron chi connectivity index (χ3n) is 5.48. The highest BCUT2D eigenvalue weighted by atomic mass is 16.5. The summed E-state index contributed by atoms with van der Waals surface area (Å²) in [5.41, 5.74) is 4.16. The van der Waals surface area contributed by atoms with Crippen molar-refractivity contribution in [1.29, 1.82) is 0 Å². The van der Waals surface area contributed by atoms with Gasteiger partial charge >= 0.3 is 0 Å². The molecule has 1 aliphatic rings. The van der Waals surface area contributed by atoms with Gasteiger partial charge in [-0.1, -0.05) is 30.3 Å². The normalized spacial score (nSPS) is 15.3. The summed E-state index contributed by atoms with van der Waals surface area (Å²) < 4.78 is 7.37. The van der Waals surface area contributed by atoms with E-state index in [-0.39, 0.29) is 6.04 Å². The second-order valence-corrected chi connectivity index (χ2v) is 7.42. The maximum Gasteiger partial charge on any atom is 0.229 e. The summed E-state index contributed by atoms with van der Waals surface area (Å²) in [5.74, 6) is 0.559. The fourth-order valence-electron chi connectivity index (χ4n) is 3.76. The minimum atomic E-state index is 0.0826. The van der Waals surface area contributed by atoms with E-state index in [1.165, 1.54) is 11.3 Å². The molecular formula is C23H24N6O. The molecule has 4 aromatic rings. The monoisotopic (exact) mass is 400 g/mol. The van der Waals surface area contributed by atoms with E-state index in [9.17, 15) is 0 Å². The van der Waals surface area contributed by atoms with Gasteiger partial charge in [-0.2, -0.15) is 10.1 Å². The van der Waals surface area contributed by atoms with Crippen molar-refractivity contribution >= 4 is 28.4 Å². The van der Waals surface area contributed by atoms with Gasteiger partial charge in [0.1, 0.15) is 0 Å². The number of rotatable bonds is 5. The van der Waals surface area contributed by atoms with Crippen LogP contribution >= 0.6 is 0 Å². The standard InChI is InChI=1S/C23H24N6O/c1-17(18-5-3-2-4-6-18)29-22-19(16-25-29)15-24-23(27-22)26-20-7-9-21(10-8-20)28-11-13-30-14-12-28/h2-10,15-17H,11-14H2,1H3,(H,24,26,27). The molecule has 0 amide bonds. The van der Waals surface area contributed by atoms with Crippen LogP contribution in [0.25, 0.3) is 11.0 Å². The van der Waals surface area contributed by atoms with E-state index in [0.29, 0.717) is 5.95 Å². The molecule has 3 heterocycles. The van der Waals surface area contributed by atoms with Gasteiger partial charge in [0.15, 0.2) is 5.65 Å². The van der Waals surface area contributed by atoms with Crippen LogP contribution in [0.5, 0.6) is 0 Å². The first-order valence-corrected chi connectivity index (χ1v) is 10.2. The van der Waals surface area contributed by atoms with Crippen LogP contribution in [0.2, 0.25) is 0 Å².